The molecule has 25 heavy (non-hydrogen) atoms. The van der Waals surface area contributed by atoms with E-state index in [1.54, 1.807) is 18.2 Å². The van der Waals surface area contributed by atoms with Gasteiger partial charge in [0.1, 0.15) is 0 Å². The van der Waals surface area contributed by atoms with Crippen molar-refractivity contribution in [3.63, 3.8) is 0 Å². The van der Waals surface area contributed by atoms with Crippen LogP contribution in [0.3, 0.4) is 0 Å². The average Bonchev–Trinajstić information content (AvgIpc) is 3.36. The lowest BCUT2D eigenvalue weighted by atomic mass is 10.1. The van der Waals surface area contributed by atoms with E-state index >= 15 is 0 Å². The molecule has 2 aliphatic heterocycles. The molecule has 1 saturated heterocycles. The fourth-order valence-corrected chi connectivity index (χ4v) is 3.62. The van der Waals surface area contributed by atoms with Crippen molar-refractivity contribution in [1.82, 2.24) is 14.8 Å². The zero-order valence-corrected chi connectivity index (χ0v) is 14.4. The van der Waals surface area contributed by atoms with E-state index in [1.165, 1.54) is 18.5 Å². The van der Waals surface area contributed by atoms with Crippen molar-refractivity contribution in [2.45, 2.75) is 18.9 Å². The third-order valence-corrected chi connectivity index (χ3v) is 5.00. The number of nitrogens with one attached hydrogen (secondary N) is 1. The number of aromatic nitrogens is 1. The number of fused-ring (bicyclic) bond motifs is 1. The van der Waals surface area contributed by atoms with E-state index in [2.05, 4.69) is 40.2 Å². The Morgan fingerprint density at radius 3 is 2.76 bits per heavy atom. The minimum atomic E-state index is -0.0864. The predicted molar refractivity (Wildman–Crippen MR) is 93.9 cm³/mol. The Kier molecular flexibility index (Phi) is 4.36. The summed E-state index contributed by atoms with van der Waals surface area (Å²) in [4.78, 5) is 15.0. The number of carbonyl (C=O) groups excluding carboxylic acids is 1. The summed E-state index contributed by atoms with van der Waals surface area (Å²) in [5.74, 6) is 1.23. The molecule has 6 nitrogen and oxygen atoms in total. The van der Waals surface area contributed by atoms with Gasteiger partial charge in [-0.25, -0.2) is 0 Å². The molecule has 6 heteroatoms. The summed E-state index contributed by atoms with van der Waals surface area (Å²) < 4.78 is 12.8. The summed E-state index contributed by atoms with van der Waals surface area (Å²) in [5, 5.41) is 3.09. The highest BCUT2D eigenvalue weighted by atomic mass is 16.7. The molecule has 2 aliphatic rings. The monoisotopic (exact) mass is 341 g/mol. The second-order valence-corrected chi connectivity index (χ2v) is 6.58. The number of ether oxygens (including phenoxy) is 2. The highest BCUT2D eigenvalue weighted by Crippen LogP contribution is 2.32. The van der Waals surface area contributed by atoms with Gasteiger partial charge in [-0.1, -0.05) is 0 Å². The van der Waals surface area contributed by atoms with Crippen molar-refractivity contribution in [3.8, 4) is 11.5 Å². The van der Waals surface area contributed by atoms with E-state index in [9.17, 15) is 4.79 Å². The van der Waals surface area contributed by atoms with Crippen molar-refractivity contribution in [3.05, 3.63) is 47.8 Å². The van der Waals surface area contributed by atoms with Crippen LogP contribution in [0.4, 0.5) is 0 Å². The van der Waals surface area contributed by atoms with E-state index < -0.39 is 0 Å². The fraction of sp³-hybridized carbons (Fsp3) is 0.421. The van der Waals surface area contributed by atoms with E-state index in [0.29, 0.717) is 23.6 Å². The third kappa shape index (κ3) is 3.22. The van der Waals surface area contributed by atoms with Crippen LogP contribution in [0.15, 0.2) is 36.5 Å². The Morgan fingerprint density at radius 2 is 2.00 bits per heavy atom. The van der Waals surface area contributed by atoms with Gasteiger partial charge in [0.25, 0.3) is 5.91 Å². The Bertz CT molecular complexity index is 765. The Labute approximate surface area is 147 Å². The molecule has 0 spiro atoms. The van der Waals surface area contributed by atoms with Gasteiger partial charge in [0.05, 0.1) is 6.04 Å². The topological polar surface area (TPSA) is 55.7 Å². The van der Waals surface area contributed by atoms with Crippen LogP contribution < -0.4 is 14.8 Å². The summed E-state index contributed by atoms with van der Waals surface area (Å²) in [6, 6.07) is 9.68. The molecule has 0 bridgehead atoms. The molecule has 0 radical (unpaired) electrons. The van der Waals surface area contributed by atoms with E-state index in [0.717, 1.165) is 13.1 Å². The maximum Gasteiger partial charge on any atom is 0.251 e. The molecule has 0 saturated carbocycles. The highest BCUT2D eigenvalue weighted by Gasteiger charge is 2.26. The molecule has 132 valence electrons. The number of amides is 1. The molecule has 4 rings (SSSR count). The summed E-state index contributed by atoms with van der Waals surface area (Å²) >= 11 is 0. The van der Waals surface area contributed by atoms with Crippen LogP contribution in [0.5, 0.6) is 11.5 Å². The van der Waals surface area contributed by atoms with E-state index in [-0.39, 0.29) is 18.7 Å². The van der Waals surface area contributed by atoms with Gasteiger partial charge >= 0.3 is 0 Å². The summed E-state index contributed by atoms with van der Waals surface area (Å²) in [6.07, 6.45) is 4.49. The summed E-state index contributed by atoms with van der Waals surface area (Å²) in [6.45, 7) is 2.96. The van der Waals surface area contributed by atoms with Crippen LogP contribution in [-0.4, -0.2) is 41.8 Å². The van der Waals surface area contributed by atoms with Crippen molar-refractivity contribution in [1.29, 1.82) is 0 Å². The molecule has 1 amide bonds. The number of nitrogens with zero attached hydrogens (tertiary/aromatic N) is 2. The number of aryl methyl sites for hydroxylation is 1. The van der Waals surface area contributed by atoms with Gasteiger partial charge in [-0.15, -0.1) is 0 Å². The van der Waals surface area contributed by atoms with Crippen molar-refractivity contribution in [2.24, 2.45) is 7.05 Å². The maximum absolute atomic E-state index is 12.6. The molecular formula is C19H23N3O3. The SMILES string of the molecule is Cn1cccc1C(CNC(=O)c1ccc2c(c1)OCO2)N1CCCC1. The first-order valence-electron chi connectivity index (χ1n) is 8.75. The molecule has 1 unspecified atom stereocenters. The van der Waals surface area contributed by atoms with Gasteiger partial charge in [-0.3, -0.25) is 9.69 Å². The normalized spacial score (nSPS) is 17.6. The van der Waals surface area contributed by atoms with Gasteiger partial charge in [-0.2, -0.15) is 0 Å². The van der Waals surface area contributed by atoms with Crippen LogP contribution >= 0.6 is 0 Å². The number of likely N-dealkylation sites (tertiary alicyclic amines) is 1. The lowest BCUT2D eigenvalue weighted by Crippen LogP contribution is -2.37. The standard InChI is InChI=1S/C19H23N3O3/c1-21-8-4-5-15(21)16(22-9-2-3-10-22)12-20-19(23)14-6-7-17-18(11-14)25-13-24-17/h4-8,11,16H,2-3,9-10,12-13H2,1H3,(H,20,23). The molecule has 1 atom stereocenters. The van der Waals surface area contributed by atoms with Crippen molar-refractivity contribution < 1.29 is 14.3 Å². The van der Waals surface area contributed by atoms with Gasteiger partial charge in [-0.05, 0) is 56.3 Å². The minimum absolute atomic E-state index is 0.0864. The lowest BCUT2D eigenvalue weighted by molar-refractivity contribution is 0.0936. The van der Waals surface area contributed by atoms with E-state index in [4.69, 9.17) is 9.47 Å². The Morgan fingerprint density at radius 1 is 1.20 bits per heavy atom. The second-order valence-electron chi connectivity index (χ2n) is 6.58. The quantitative estimate of drug-likeness (QED) is 0.907. The van der Waals surface area contributed by atoms with Gasteiger partial charge in [0.15, 0.2) is 11.5 Å². The molecule has 2 aromatic rings. The smallest absolute Gasteiger partial charge is 0.251 e. The van der Waals surface area contributed by atoms with Gasteiger partial charge in [0, 0.05) is 31.0 Å². The first kappa shape index (κ1) is 16.0. The van der Waals surface area contributed by atoms with Gasteiger partial charge in [0.2, 0.25) is 6.79 Å². The molecule has 1 N–H and O–H groups in total. The molecule has 3 heterocycles. The zero-order chi connectivity index (χ0) is 17.2. The van der Waals surface area contributed by atoms with Crippen LogP contribution in [0.2, 0.25) is 0 Å². The highest BCUT2D eigenvalue weighted by molar-refractivity contribution is 5.94. The predicted octanol–water partition coefficient (Wildman–Crippen LogP) is 2.32. The molecule has 1 aromatic heterocycles. The number of hydrogen-bond acceptors (Lipinski definition) is 4. The average molecular weight is 341 g/mol. The summed E-state index contributed by atoms with van der Waals surface area (Å²) in [5.41, 5.74) is 1.82. The fourth-order valence-electron chi connectivity index (χ4n) is 3.62. The zero-order valence-electron chi connectivity index (χ0n) is 14.4. The molecule has 1 fully saturated rings. The molecule has 0 aliphatic carbocycles. The minimum Gasteiger partial charge on any atom is -0.454 e. The largest absolute Gasteiger partial charge is 0.454 e. The second kappa shape index (κ2) is 6.80. The van der Waals surface area contributed by atoms with Crippen LogP contribution in [0.1, 0.15) is 34.9 Å². The Hall–Kier alpha value is -2.47. The number of benzene rings is 1. The first-order valence-corrected chi connectivity index (χ1v) is 8.75. The third-order valence-electron chi connectivity index (χ3n) is 5.00. The Balaban J connectivity index is 1.47. The van der Waals surface area contributed by atoms with Gasteiger partial charge < -0.3 is 19.4 Å². The van der Waals surface area contributed by atoms with Crippen molar-refractivity contribution in [2.75, 3.05) is 26.4 Å². The first-order chi connectivity index (χ1) is 12.2. The van der Waals surface area contributed by atoms with Crippen LogP contribution in [0.25, 0.3) is 0 Å². The number of rotatable bonds is 5. The summed E-state index contributed by atoms with van der Waals surface area (Å²) in [7, 11) is 2.05. The maximum atomic E-state index is 12.6. The number of carbonyl (C=O) groups is 1. The molecule has 1 aromatic carbocycles. The van der Waals surface area contributed by atoms with Crippen LogP contribution in [0, 0.1) is 0 Å². The van der Waals surface area contributed by atoms with Crippen LogP contribution in [-0.2, 0) is 7.05 Å². The number of hydrogen-bond donors (Lipinski definition) is 1. The molecular weight excluding hydrogens is 318 g/mol. The van der Waals surface area contributed by atoms with Crippen molar-refractivity contribution >= 4 is 5.91 Å². The lowest BCUT2D eigenvalue weighted by Gasteiger charge is -2.28. The van der Waals surface area contributed by atoms with E-state index in [1.807, 2.05) is 0 Å².